The SMILES string of the molecule is C=C1C(N)=NCCN1N(C)CC. The maximum absolute atomic E-state index is 5.64. The maximum Gasteiger partial charge on any atom is 0.143 e. The van der Waals surface area contributed by atoms with E-state index in [0.29, 0.717) is 5.84 Å². The molecule has 1 heterocycles. The number of hydrazine groups is 1. The second kappa shape index (κ2) is 3.58. The van der Waals surface area contributed by atoms with E-state index in [2.05, 4.69) is 28.5 Å². The predicted molar refractivity (Wildman–Crippen MR) is 50.6 cm³/mol. The molecule has 0 aromatic carbocycles. The van der Waals surface area contributed by atoms with Crippen LogP contribution in [-0.2, 0) is 0 Å². The number of amidine groups is 1. The van der Waals surface area contributed by atoms with Gasteiger partial charge < -0.3 is 10.7 Å². The van der Waals surface area contributed by atoms with Crippen molar-refractivity contribution < 1.29 is 0 Å². The molecule has 1 rings (SSSR count). The van der Waals surface area contributed by atoms with E-state index >= 15 is 0 Å². The Bertz CT molecular complexity index is 209. The molecule has 0 fully saturated rings. The van der Waals surface area contributed by atoms with E-state index in [0.717, 1.165) is 25.3 Å². The van der Waals surface area contributed by atoms with E-state index < -0.39 is 0 Å². The van der Waals surface area contributed by atoms with Crippen LogP contribution in [0.2, 0.25) is 0 Å². The average molecular weight is 168 g/mol. The lowest BCUT2D eigenvalue weighted by molar-refractivity contribution is 0.0499. The molecule has 0 spiro atoms. The number of hydrogen-bond donors (Lipinski definition) is 1. The molecule has 4 heteroatoms. The van der Waals surface area contributed by atoms with Gasteiger partial charge in [-0.05, 0) is 0 Å². The Balaban J connectivity index is 2.69. The largest absolute Gasteiger partial charge is 0.382 e. The van der Waals surface area contributed by atoms with Crippen LogP contribution in [0.1, 0.15) is 6.92 Å². The molecular weight excluding hydrogens is 152 g/mol. The lowest BCUT2D eigenvalue weighted by Crippen LogP contribution is -2.46. The lowest BCUT2D eigenvalue weighted by Gasteiger charge is -2.35. The summed E-state index contributed by atoms with van der Waals surface area (Å²) in [5, 5.41) is 4.15. The molecule has 4 nitrogen and oxygen atoms in total. The van der Waals surface area contributed by atoms with Crippen LogP contribution in [0.15, 0.2) is 17.3 Å². The molecule has 0 bridgehead atoms. The molecule has 1 aliphatic rings. The van der Waals surface area contributed by atoms with Crippen molar-refractivity contribution in [2.45, 2.75) is 6.92 Å². The highest BCUT2D eigenvalue weighted by atomic mass is 15.6. The van der Waals surface area contributed by atoms with Crippen molar-refractivity contribution in [3.8, 4) is 0 Å². The van der Waals surface area contributed by atoms with Crippen molar-refractivity contribution in [3.05, 3.63) is 12.3 Å². The molecule has 68 valence electrons. The minimum Gasteiger partial charge on any atom is -0.382 e. The number of hydrogen-bond acceptors (Lipinski definition) is 4. The van der Waals surface area contributed by atoms with Gasteiger partial charge in [-0.15, -0.1) is 0 Å². The fourth-order valence-electron chi connectivity index (χ4n) is 1.17. The normalized spacial score (nSPS) is 18.4. The topological polar surface area (TPSA) is 44.9 Å². The molecule has 0 amide bonds. The first-order valence-electron chi connectivity index (χ1n) is 4.14. The van der Waals surface area contributed by atoms with Crippen LogP contribution in [0.4, 0.5) is 0 Å². The molecular formula is C8H16N4. The highest BCUT2D eigenvalue weighted by molar-refractivity contribution is 5.96. The molecule has 0 saturated carbocycles. The van der Waals surface area contributed by atoms with Gasteiger partial charge in [0.15, 0.2) is 0 Å². The van der Waals surface area contributed by atoms with Gasteiger partial charge in [-0.25, -0.2) is 5.01 Å². The summed E-state index contributed by atoms with van der Waals surface area (Å²) in [5.74, 6) is 0.557. The summed E-state index contributed by atoms with van der Waals surface area (Å²) < 4.78 is 0. The Morgan fingerprint density at radius 2 is 2.42 bits per heavy atom. The van der Waals surface area contributed by atoms with E-state index in [1.807, 2.05) is 7.05 Å². The van der Waals surface area contributed by atoms with E-state index in [9.17, 15) is 0 Å². The summed E-state index contributed by atoms with van der Waals surface area (Å²) in [6.45, 7) is 8.56. The van der Waals surface area contributed by atoms with Gasteiger partial charge in [-0.1, -0.05) is 13.5 Å². The number of nitrogens with zero attached hydrogens (tertiary/aromatic N) is 3. The Hall–Kier alpha value is -1.03. The van der Waals surface area contributed by atoms with Gasteiger partial charge in [0.1, 0.15) is 5.84 Å². The first-order chi connectivity index (χ1) is 5.66. The third kappa shape index (κ3) is 1.58. The molecule has 0 saturated heterocycles. The fraction of sp³-hybridized carbons (Fsp3) is 0.625. The summed E-state index contributed by atoms with van der Waals surface area (Å²) in [7, 11) is 2.02. The fourth-order valence-corrected chi connectivity index (χ4v) is 1.17. The Morgan fingerprint density at radius 1 is 1.75 bits per heavy atom. The smallest absolute Gasteiger partial charge is 0.143 e. The van der Waals surface area contributed by atoms with Crippen molar-refractivity contribution >= 4 is 5.84 Å². The molecule has 0 unspecified atom stereocenters. The average Bonchev–Trinajstić information content (AvgIpc) is 2.08. The minimum atomic E-state index is 0.557. The second-order valence-electron chi connectivity index (χ2n) is 2.81. The van der Waals surface area contributed by atoms with E-state index in [1.165, 1.54) is 0 Å². The van der Waals surface area contributed by atoms with E-state index in [1.54, 1.807) is 0 Å². The first-order valence-corrected chi connectivity index (χ1v) is 4.14. The van der Waals surface area contributed by atoms with Crippen LogP contribution in [-0.4, -0.2) is 42.5 Å². The monoisotopic (exact) mass is 168 g/mol. The van der Waals surface area contributed by atoms with Gasteiger partial charge >= 0.3 is 0 Å². The zero-order valence-corrected chi connectivity index (χ0v) is 7.75. The summed E-state index contributed by atoms with van der Waals surface area (Å²) in [4.78, 5) is 4.10. The third-order valence-corrected chi connectivity index (χ3v) is 2.07. The van der Waals surface area contributed by atoms with Crippen LogP contribution in [0, 0.1) is 0 Å². The number of nitrogens with two attached hydrogens (primary N) is 1. The quantitative estimate of drug-likeness (QED) is 0.633. The molecule has 2 N–H and O–H groups in total. The van der Waals surface area contributed by atoms with Gasteiger partial charge in [0, 0.05) is 13.6 Å². The summed E-state index contributed by atoms with van der Waals surface area (Å²) in [6, 6.07) is 0. The maximum atomic E-state index is 5.64. The molecule has 0 aliphatic carbocycles. The van der Waals surface area contributed by atoms with Gasteiger partial charge in [-0.3, -0.25) is 4.99 Å². The molecule has 0 aromatic rings. The van der Waals surface area contributed by atoms with Crippen molar-refractivity contribution in [1.82, 2.24) is 10.0 Å². The zero-order valence-electron chi connectivity index (χ0n) is 7.75. The van der Waals surface area contributed by atoms with Crippen LogP contribution >= 0.6 is 0 Å². The first kappa shape index (κ1) is 9.06. The molecule has 0 aromatic heterocycles. The van der Waals surface area contributed by atoms with Gasteiger partial charge in [-0.2, -0.15) is 0 Å². The number of aliphatic imine (C=N–C) groups is 1. The van der Waals surface area contributed by atoms with Crippen molar-refractivity contribution in [1.29, 1.82) is 0 Å². The third-order valence-electron chi connectivity index (χ3n) is 2.07. The van der Waals surface area contributed by atoms with E-state index in [-0.39, 0.29) is 0 Å². The van der Waals surface area contributed by atoms with Crippen molar-refractivity contribution in [2.75, 3.05) is 26.7 Å². The number of rotatable bonds is 2. The van der Waals surface area contributed by atoms with Gasteiger partial charge in [0.05, 0.1) is 18.8 Å². The molecule has 0 atom stereocenters. The Morgan fingerprint density at radius 3 is 3.00 bits per heavy atom. The van der Waals surface area contributed by atoms with Crippen molar-refractivity contribution in [2.24, 2.45) is 10.7 Å². The highest BCUT2D eigenvalue weighted by Crippen LogP contribution is 2.09. The Labute approximate surface area is 73.3 Å². The molecule has 1 aliphatic heterocycles. The predicted octanol–water partition coefficient (Wildman–Crippen LogP) is 0.0396. The van der Waals surface area contributed by atoms with Crippen LogP contribution in [0.25, 0.3) is 0 Å². The van der Waals surface area contributed by atoms with Crippen LogP contribution in [0.3, 0.4) is 0 Å². The molecule has 0 radical (unpaired) electrons. The van der Waals surface area contributed by atoms with Crippen LogP contribution in [0.5, 0.6) is 0 Å². The van der Waals surface area contributed by atoms with E-state index in [4.69, 9.17) is 5.73 Å². The summed E-state index contributed by atoms with van der Waals surface area (Å²) in [6.07, 6.45) is 0. The minimum absolute atomic E-state index is 0.557. The highest BCUT2D eigenvalue weighted by Gasteiger charge is 2.17. The summed E-state index contributed by atoms with van der Waals surface area (Å²) >= 11 is 0. The van der Waals surface area contributed by atoms with Crippen LogP contribution < -0.4 is 5.73 Å². The standard InChI is InChI=1S/C8H16N4/c1-4-11(3)12-6-5-10-8(9)7(12)2/h2,4-6H2,1,3H3,(H2,9,10). The second-order valence-corrected chi connectivity index (χ2v) is 2.81. The van der Waals surface area contributed by atoms with Crippen molar-refractivity contribution in [3.63, 3.8) is 0 Å². The van der Waals surface area contributed by atoms with Gasteiger partial charge in [0.2, 0.25) is 0 Å². The van der Waals surface area contributed by atoms with Gasteiger partial charge in [0.25, 0.3) is 0 Å². The molecule has 12 heavy (non-hydrogen) atoms. The lowest BCUT2D eigenvalue weighted by atomic mass is 10.3. The zero-order chi connectivity index (χ0) is 9.14. The summed E-state index contributed by atoms with van der Waals surface area (Å²) in [5.41, 5.74) is 6.45. The Kier molecular flexibility index (Phi) is 2.70.